The van der Waals surface area contributed by atoms with Crippen LogP contribution in [0.5, 0.6) is 5.75 Å². The summed E-state index contributed by atoms with van der Waals surface area (Å²) in [6.45, 7) is -0.0905. The number of benzene rings is 3. The zero-order valence-electron chi connectivity index (χ0n) is 18.3. The minimum absolute atomic E-state index is 0.182. The van der Waals surface area contributed by atoms with Crippen LogP contribution in [0, 0.1) is 3.57 Å². The second-order valence-electron chi connectivity index (χ2n) is 7.52. The highest BCUT2D eigenvalue weighted by Gasteiger charge is 2.36. The van der Waals surface area contributed by atoms with Crippen molar-refractivity contribution in [2.24, 2.45) is 0 Å². The van der Waals surface area contributed by atoms with Crippen molar-refractivity contribution in [3.05, 3.63) is 94.8 Å². The highest BCUT2D eigenvalue weighted by Crippen LogP contribution is 2.38. The fourth-order valence-electron chi connectivity index (χ4n) is 3.22. The maximum Gasteiger partial charge on any atom is 0.294 e. The maximum absolute atomic E-state index is 12.8. The Balaban J connectivity index is 1.44. The van der Waals surface area contributed by atoms with Crippen LogP contribution in [0.25, 0.3) is 6.08 Å². The van der Waals surface area contributed by atoms with Crippen molar-refractivity contribution in [3.63, 3.8) is 0 Å². The van der Waals surface area contributed by atoms with Crippen LogP contribution in [0.15, 0.2) is 70.0 Å². The lowest BCUT2D eigenvalue weighted by molar-refractivity contribution is -0.127. The minimum Gasteiger partial charge on any atom is -0.486 e. The van der Waals surface area contributed by atoms with Gasteiger partial charge in [0.2, 0.25) is 5.91 Å². The van der Waals surface area contributed by atoms with Crippen molar-refractivity contribution < 1.29 is 19.1 Å². The lowest BCUT2D eigenvalue weighted by atomic mass is 10.2. The monoisotopic (exact) mass is 716 g/mol. The summed E-state index contributed by atoms with van der Waals surface area (Å²) in [7, 11) is 0. The van der Waals surface area contributed by atoms with Gasteiger partial charge >= 0.3 is 0 Å². The van der Waals surface area contributed by atoms with E-state index in [4.69, 9.17) is 27.9 Å². The van der Waals surface area contributed by atoms with E-state index in [1.165, 1.54) is 0 Å². The van der Waals surface area contributed by atoms with E-state index in [0.717, 1.165) is 25.8 Å². The van der Waals surface area contributed by atoms with Crippen molar-refractivity contribution in [2.45, 2.75) is 6.61 Å². The Morgan fingerprint density at radius 2 is 1.81 bits per heavy atom. The molecule has 4 rings (SSSR count). The third-order valence-electron chi connectivity index (χ3n) is 4.94. The average molecular weight is 718 g/mol. The fraction of sp³-hybridized carbons (Fsp3) is 0.0800. The van der Waals surface area contributed by atoms with Gasteiger partial charge in [0.25, 0.3) is 11.1 Å². The second-order valence-corrected chi connectivity index (χ2v) is 11.4. The first kappa shape index (κ1) is 27.0. The number of anilines is 1. The molecule has 0 spiro atoms. The Bertz CT molecular complexity index is 1360. The molecular formula is C25H16BrCl2IN2O4S. The summed E-state index contributed by atoms with van der Waals surface area (Å²) < 4.78 is 7.62. The van der Waals surface area contributed by atoms with Crippen LogP contribution >= 0.6 is 73.5 Å². The Kier molecular flexibility index (Phi) is 9.00. The van der Waals surface area contributed by atoms with Crippen molar-refractivity contribution in [3.8, 4) is 5.75 Å². The summed E-state index contributed by atoms with van der Waals surface area (Å²) in [5.74, 6) is -0.630. The van der Waals surface area contributed by atoms with Gasteiger partial charge in [0, 0.05) is 3.57 Å². The van der Waals surface area contributed by atoms with Gasteiger partial charge in [-0.1, -0.05) is 47.5 Å². The van der Waals surface area contributed by atoms with Gasteiger partial charge in [0.1, 0.15) is 13.2 Å². The number of halogens is 4. The molecule has 0 unspecified atom stereocenters. The van der Waals surface area contributed by atoms with E-state index >= 15 is 0 Å². The van der Waals surface area contributed by atoms with Gasteiger partial charge in [-0.2, -0.15) is 0 Å². The number of ether oxygens (including phenoxy) is 1. The molecule has 184 valence electrons. The number of hydrogen-bond acceptors (Lipinski definition) is 5. The van der Waals surface area contributed by atoms with Crippen LogP contribution in [-0.4, -0.2) is 28.5 Å². The number of amides is 3. The smallest absolute Gasteiger partial charge is 0.294 e. The first-order valence-electron chi connectivity index (χ1n) is 10.4. The highest BCUT2D eigenvalue weighted by atomic mass is 127. The van der Waals surface area contributed by atoms with Gasteiger partial charge in [-0.3, -0.25) is 19.3 Å². The molecule has 0 atom stereocenters. The van der Waals surface area contributed by atoms with Crippen molar-refractivity contribution in [1.29, 1.82) is 0 Å². The van der Waals surface area contributed by atoms with Crippen molar-refractivity contribution in [1.82, 2.24) is 4.90 Å². The molecule has 1 heterocycles. The molecule has 1 fully saturated rings. The zero-order chi connectivity index (χ0) is 25.8. The van der Waals surface area contributed by atoms with Crippen molar-refractivity contribution >= 4 is 102 Å². The topological polar surface area (TPSA) is 75.7 Å². The molecule has 36 heavy (non-hydrogen) atoms. The standard InChI is InChI=1S/C25H16BrCl2IN2O4S/c26-17-9-15(10-19(28)23(17)35-13-14-5-7-16(29)8-6-14)11-21-24(33)31(25(34)36-21)12-22(32)30-20-4-2-1-3-18(20)27/h1-11H,12-13H2,(H,30,32)/b21-11+. The van der Waals surface area contributed by atoms with Crippen molar-refractivity contribution in [2.75, 3.05) is 11.9 Å². The molecule has 0 aromatic heterocycles. The molecule has 3 aromatic rings. The van der Waals surface area contributed by atoms with Crippen LogP contribution in [0.1, 0.15) is 11.1 Å². The lowest BCUT2D eigenvalue weighted by Crippen LogP contribution is -2.36. The number of rotatable bonds is 7. The minimum atomic E-state index is -0.564. The third-order valence-corrected chi connectivity index (χ3v) is 7.76. The molecule has 0 aliphatic carbocycles. The molecule has 11 heteroatoms. The number of nitrogens with one attached hydrogen (secondary N) is 1. The quantitative estimate of drug-likeness (QED) is 0.201. The first-order valence-corrected chi connectivity index (χ1v) is 13.8. The molecule has 1 saturated heterocycles. The number of carbonyl (C=O) groups excluding carboxylic acids is 3. The number of carbonyl (C=O) groups is 3. The Morgan fingerprint density at radius 3 is 2.50 bits per heavy atom. The third kappa shape index (κ3) is 6.63. The number of para-hydroxylation sites is 1. The van der Waals surface area contributed by atoms with E-state index < -0.39 is 23.6 Å². The molecular weight excluding hydrogens is 702 g/mol. The molecule has 6 nitrogen and oxygen atoms in total. The number of nitrogens with zero attached hydrogens (tertiary/aromatic N) is 1. The van der Waals surface area contributed by atoms with Gasteiger partial charge in [-0.25, -0.2) is 0 Å². The van der Waals surface area contributed by atoms with E-state index in [0.29, 0.717) is 38.1 Å². The second kappa shape index (κ2) is 12.0. The van der Waals surface area contributed by atoms with Gasteiger partial charge in [0.15, 0.2) is 5.75 Å². The molecule has 0 radical (unpaired) electrons. The van der Waals surface area contributed by atoms with Gasteiger partial charge < -0.3 is 10.1 Å². The molecule has 1 aliphatic heterocycles. The molecule has 0 bridgehead atoms. The predicted octanol–water partition coefficient (Wildman–Crippen LogP) is 7.61. The van der Waals surface area contributed by atoms with Crippen LogP contribution in [-0.2, 0) is 16.2 Å². The van der Waals surface area contributed by atoms with Crippen LogP contribution in [0.2, 0.25) is 10.0 Å². The number of imide groups is 1. The number of hydrogen-bond donors (Lipinski definition) is 1. The Morgan fingerprint density at radius 1 is 1.08 bits per heavy atom. The van der Waals surface area contributed by atoms with Crippen LogP contribution in [0.3, 0.4) is 0 Å². The fourth-order valence-corrected chi connectivity index (χ4v) is 5.59. The largest absolute Gasteiger partial charge is 0.486 e. The normalized spacial score (nSPS) is 14.4. The Labute approximate surface area is 243 Å². The average Bonchev–Trinajstić information content (AvgIpc) is 3.08. The van der Waals surface area contributed by atoms with Gasteiger partial charge in [-0.05, 0) is 104 Å². The molecule has 3 aromatic carbocycles. The van der Waals surface area contributed by atoms with E-state index in [2.05, 4.69) is 43.8 Å². The molecule has 0 saturated carbocycles. The van der Waals surface area contributed by atoms with E-state index in [1.54, 1.807) is 42.5 Å². The van der Waals surface area contributed by atoms with Gasteiger partial charge in [-0.15, -0.1) is 0 Å². The van der Waals surface area contributed by atoms with Crippen LogP contribution < -0.4 is 10.1 Å². The summed E-state index contributed by atoms with van der Waals surface area (Å²) in [6.07, 6.45) is 1.55. The predicted molar refractivity (Wildman–Crippen MR) is 155 cm³/mol. The first-order chi connectivity index (χ1) is 17.2. The summed E-state index contributed by atoms with van der Waals surface area (Å²) in [4.78, 5) is 38.7. The molecule has 1 N–H and O–H groups in total. The zero-order valence-corrected chi connectivity index (χ0v) is 24.3. The summed E-state index contributed by atoms with van der Waals surface area (Å²) in [6, 6.07) is 18.0. The summed E-state index contributed by atoms with van der Waals surface area (Å²) in [5.41, 5.74) is 1.99. The SMILES string of the molecule is O=C(CN1C(=O)S/C(=C/c2cc(Cl)c(OCc3ccc(I)cc3)c(Br)c2)C1=O)Nc1ccccc1Cl. The lowest BCUT2D eigenvalue weighted by Gasteiger charge is -2.13. The van der Waals surface area contributed by atoms with E-state index in [-0.39, 0.29) is 4.91 Å². The van der Waals surface area contributed by atoms with Crippen LogP contribution in [0.4, 0.5) is 10.5 Å². The van der Waals surface area contributed by atoms with E-state index in [9.17, 15) is 14.4 Å². The molecule has 1 aliphatic rings. The Hall–Kier alpha value is -2.05. The van der Waals surface area contributed by atoms with Gasteiger partial charge in [0.05, 0.1) is 25.1 Å². The maximum atomic E-state index is 12.8. The number of thioether (sulfide) groups is 1. The molecule has 3 amide bonds. The highest BCUT2D eigenvalue weighted by molar-refractivity contribution is 14.1. The summed E-state index contributed by atoms with van der Waals surface area (Å²) in [5, 5.41) is 2.77. The van der Waals surface area contributed by atoms with E-state index in [1.807, 2.05) is 24.3 Å². The summed E-state index contributed by atoms with van der Waals surface area (Å²) >= 11 is 19.0.